The maximum absolute atomic E-state index is 13.4. The van der Waals surface area contributed by atoms with E-state index in [0.717, 1.165) is 25.2 Å². The molecule has 0 spiro atoms. The van der Waals surface area contributed by atoms with Crippen LogP contribution in [0.15, 0.2) is 29.8 Å². The third-order valence-corrected chi connectivity index (χ3v) is 3.95. The lowest BCUT2D eigenvalue weighted by Gasteiger charge is -2.34. The molecule has 1 atom stereocenters. The first-order chi connectivity index (χ1) is 9.29. The molecule has 1 aliphatic heterocycles. The summed E-state index contributed by atoms with van der Waals surface area (Å²) < 4.78 is 13.4. The number of benzene rings is 1. The van der Waals surface area contributed by atoms with Crippen molar-refractivity contribution in [1.82, 2.24) is 0 Å². The summed E-state index contributed by atoms with van der Waals surface area (Å²) in [6.45, 7) is 10.1. The summed E-state index contributed by atoms with van der Waals surface area (Å²) in [5.74, 6) is -0.299. The molecule has 0 bridgehead atoms. The molecule has 20 heavy (non-hydrogen) atoms. The molecule has 0 aliphatic carbocycles. The highest BCUT2D eigenvalue weighted by atomic mass is 19.1. The van der Waals surface area contributed by atoms with Crippen LogP contribution in [0.25, 0.3) is 0 Å². The third-order valence-electron chi connectivity index (χ3n) is 3.95. The average Bonchev–Trinajstić information content (AvgIpc) is 2.37. The molecular formula is C17H24FNO. The van der Waals surface area contributed by atoms with E-state index >= 15 is 0 Å². The van der Waals surface area contributed by atoms with Crippen LogP contribution in [-0.2, 0) is 0 Å². The second-order valence-electron chi connectivity index (χ2n) is 6.55. The standard InChI is InChI=1S/C17H24FNO/c1-12(20)15-11-14(18)5-6-16(15)19-9-7-13(8-10-19)17(2,3)4/h5-7,11-12,20H,8-10H2,1-4H3. The highest BCUT2D eigenvalue weighted by Gasteiger charge is 2.23. The van der Waals surface area contributed by atoms with E-state index in [9.17, 15) is 9.50 Å². The lowest BCUT2D eigenvalue weighted by molar-refractivity contribution is 0.199. The van der Waals surface area contributed by atoms with E-state index in [0.29, 0.717) is 5.56 Å². The summed E-state index contributed by atoms with van der Waals surface area (Å²) in [5.41, 5.74) is 3.28. The van der Waals surface area contributed by atoms with Gasteiger partial charge in [0.1, 0.15) is 5.82 Å². The zero-order valence-corrected chi connectivity index (χ0v) is 12.8. The number of hydrogen-bond acceptors (Lipinski definition) is 2. The fraction of sp³-hybridized carbons (Fsp3) is 0.529. The fourth-order valence-corrected chi connectivity index (χ4v) is 2.72. The van der Waals surface area contributed by atoms with Crippen LogP contribution < -0.4 is 4.90 Å². The van der Waals surface area contributed by atoms with Crippen molar-refractivity contribution in [2.45, 2.75) is 40.2 Å². The Morgan fingerprint density at radius 1 is 1.30 bits per heavy atom. The van der Waals surface area contributed by atoms with Gasteiger partial charge in [-0.3, -0.25) is 0 Å². The number of rotatable bonds is 2. The lowest BCUT2D eigenvalue weighted by atomic mass is 9.83. The summed E-state index contributed by atoms with van der Waals surface area (Å²) in [5, 5.41) is 9.83. The number of aliphatic hydroxyl groups excluding tert-OH is 1. The van der Waals surface area contributed by atoms with E-state index in [-0.39, 0.29) is 11.2 Å². The molecule has 1 N–H and O–H groups in total. The van der Waals surface area contributed by atoms with Gasteiger partial charge in [0.05, 0.1) is 6.10 Å². The molecule has 1 aliphatic rings. The van der Waals surface area contributed by atoms with Gasteiger partial charge in [0.2, 0.25) is 0 Å². The van der Waals surface area contributed by atoms with Crippen LogP contribution in [0.2, 0.25) is 0 Å². The molecule has 0 saturated carbocycles. The van der Waals surface area contributed by atoms with E-state index in [1.54, 1.807) is 13.0 Å². The monoisotopic (exact) mass is 277 g/mol. The molecule has 1 unspecified atom stereocenters. The van der Waals surface area contributed by atoms with Gasteiger partial charge >= 0.3 is 0 Å². The normalized spacial score (nSPS) is 17.9. The van der Waals surface area contributed by atoms with Crippen LogP contribution in [0.5, 0.6) is 0 Å². The molecule has 1 aromatic rings. The Kier molecular flexibility index (Phi) is 4.19. The van der Waals surface area contributed by atoms with E-state index in [1.165, 1.54) is 17.7 Å². The van der Waals surface area contributed by atoms with Crippen LogP contribution in [0.3, 0.4) is 0 Å². The molecule has 3 heteroatoms. The second-order valence-corrected chi connectivity index (χ2v) is 6.55. The van der Waals surface area contributed by atoms with E-state index in [1.807, 2.05) is 0 Å². The van der Waals surface area contributed by atoms with E-state index in [2.05, 4.69) is 31.7 Å². The first kappa shape index (κ1) is 15.0. The molecule has 1 heterocycles. The van der Waals surface area contributed by atoms with Crippen molar-refractivity contribution in [1.29, 1.82) is 0 Å². The molecule has 0 fully saturated rings. The first-order valence-electron chi connectivity index (χ1n) is 7.21. The lowest BCUT2D eigenvalue weighted by Crippen LogP contribution is -2.32. The maximum Gasteiger partial charge on any atom is 0.123 e. The van der Waals surface area contributed by atoms with Crippen molar-refractivity contribution in [2.24, 2.45) is 5.41 Å². The SMILES string of the molecule is CC(O)c1cc(F)ccc1N1CC=C(C(C)(C)C)CC1. The van der Waals surface area contributed by atoms with Gasteiger partial charge in [0, 0.05) is 24.3 Å². The summed E-state index contributed by atoms with van der Waals surface area (Å²) >= 11 is 0. The predicted octanol–water partition coefficient (Wildman–Crippen LogP) is 4.06. The fourth-order valence-electron chi connectivity index (χ4n) is 2.72. The third kappa shape index (κ3) is 3.21. The van der Waals surface area contributed by atoms with Crippen molar-refractivity contribution in [2.75, 3.05) is 18.0 Å². The summed E-state index contributed by atoms with van der Waals surface area (Å²) in [7, 11) is 0. The van der Waals surface area contributed by atoms with Gasteiger partial charge in [-0.1, -0.05) is 32.4 Å². The highest BCUT2D eigenvalue weighted by Crippen LogP contribution is 2.34. The van der Waals surface area contributed by atoms with Crippen LogP contribution in [-0.4, -0.2) is 18.2 Å². The number of aliphatic hydroxyl groups is 1. The Balaban J connectivity index is 2.25. The van der Waals surface area contributed by atoms with Crippen molar-refractivity contribution >= 4 is 5.69 Å². The first-order valence-corrected chi connectivity index (χ1v) is 7.21. The van der Waals surface area contributed by atoms with Gasteiger partial charge in [-0.05, 0) is 37.0 Å². The van der Waals surface area contributed by atoms with Gasteiger partial charge in [-0.25, -0.2) is 4.39 Å². The van der Waals surface area contributed by atoms with Crippen molar-refractivity contribution in [3.63, 3.8) is 0 Å². The van der Waals surface area contributed by atoms with Crippen molar-refractivity contribution in [3.8, 4) is 0 Å². The van der Waals surface area contributed by atoms with Crippen molar-refractivity contribution < 1.29 is 9.50 Å². The van der Waals surface area contributed by atoms with Crippen LogP contribution in [0, 0.1) is 11.2 Å². The van der Waals surface area contributed by atoms with E-state index < -0.39 is 6.10 Å². The zero-order valence-electron chi connectivity index (χ0n) is 12.8. The molecule has 2 rings (SSSR count). The summed E-state index contributed by atoms with van der Waals surface area (Å²) in [6, 6.07) is 4.67. The van der Waals surface area contributed by atoms with E-state index in [4.69, 9.17) is 0 Å². The Morgan fingerprint density at radius 2 is 2.00 bits per heavy atom. The number of hydrogen-bond donors (Lipinski definition) is 1. The Labute approximate surface area is 120 Å². The predicted molar refractivity (Wildman–Crippen MR) is 81.4 cm³/mol. The molecule has 2 nitrogen and oxygen atoms in total. The van der Waals surface area contributed by atoms with Gasteiger partial charge < -0.3 is 10.0 Å². The molecule has 0 aromatic heterocycles. The molecular weight excluding hydrogens is 253 g/mol. The molecule has 110 valence electrons. The molecule has 0 radical (unpaired) electrons. The molecule has 0 saturated heterocycles. The second kappa shape index (κ2) is 5.57. The van der Waals surface area contributed by atoms with Crippen LogP contribution in [0.4, 0.5) is 10.1 Å². The van der Waals surface area contributed by atoms with Gasteiger partial charge in [0.15, 0.2) is 0 Å². The summed E-state index contributed by atoms with van der Waals surface area (Å²) in [4.78, 5) is 2.21. The number of nitrogens with zero attached hydrogens (tertiary/aromatic N) is 1. The Morgan fingerprint density at radius 3 is 2.50 bits per heavy atom. The Bertz CT molecular complexity index is 514. The minimum atomic E-state index is -0.659. The summed E-state index contributed by atoms with van der Waals surface area (Å²) in [6.07, 6.45) is 2.62. The number of halogens is 1. The van der Waals surface area contributed by atoms with Crippen LogP contribution in [0.1, 0.15) is 45.8 Å². The quantitative estimate of drug-likeness (QED) is 0.824. The minimum absolute atomic E-state index is 0.210. The van der Waals surface area contributed by atoms with Crippen molar-refractivity contribution in [3.05, 3.63) is 41.2 Å². The van der Waals surface area contributed by atoms with Gasteiger partial charge in [-0.2, -0.15) is 0 Å². The minimum Gasteiger partial charge on any atom is -0.389 e. The maximum atomic E-state index is 13.4. The van der Waals surface area contributed by atoms with Gasteiger partial charge in [-0.15, -0.1) is 0 Å². The Hall–Kier alpha value is -1.35. The number of anilines is 1. The highest BCUT2D eigenvalue weighted by molar-refractivity contribution is 5.56. The average molecular weight is 277 g/mol. The molecule has 1 aromatic carbocycles. The molecule has 0 amide bonds. The zero-order chi connectivity index (χ0) is 14.9. The van der Waals surface area contributed by atoms with Crippen LogP contribution >= 0.6 is 0 Å². The van der Waals surface area contributed by atoms with Gasteiger partial charge in [0.25, 0.3) is 0 Å². The topological polar surface area (TPSA) is 23.5 Å². The largest absolute Gasteiger partial charge is 0.389 e. The smallest absolute Gasteiger partial charge is 0.123 e.